The summed E-state index contributed by atoms with van der Waals surface area (Å²) >= 11 is 0. The molecule has 5 aromatic rings. The van der Waals surface area contributed by atoms with Gasteiger partial charge in [0.25, 0.3) is 0 Å². The lowest BCUT2D eigenvalue weighted by atomic mass is 10.1. The highest BCUT2D eigenvalue weighted by molar-refractivity contribution is 5.95. The van der Waals surface area contributed by atoms with Crippen molar-refractivity contribution in [2.75, 3.05) is 0 Å². The van der Waals surface area contributed by atoms with E-state index in [1.54, 1.807) is 0 Å². The van der Waals surface area contributed by atoms with Crippen molar-refractivity contribution in [3.63, 3.8) is 0 Å². The molecule has 0 fully saturated rings. The van der Waals surface area contributed by atoms with E-state index >= 15 is 0 Å². The van der Waals surface area contributed by atoms with Crippen LogP contribution in [0, 0.1) is 0 Å². The predicted octanol–water partition coefficient (Wildman–Crippen LogP) is 2.51. The van der Waals surface area contributed by atoms with Crippen LogP contribution in [0.5, 0.6) is 86.2 Å². The van der Waals surface area contributed by atoms with Gasteiger partial charge in [-0.15, -0.1) is 0 Å². The second-order valence-electron chi connectivity index (χ2n) is 10.8. The summed E-state index contributed by atoms with van der Waals surface area (Å²) < 4.78 is 0. The number of rotatable bonds is 5. The van der Waals surface area contributed by atoms with Gasteiger partial charge in [-0.05, 0) is 42.5 Å². The summed E-state index contributed by atoms with van der Waals surface area (Å²) in [5.41, 5.74) is -2.59. The minimum absolute atomic E-state index is 0.289. The Kier molecular flexibility index (Phi) is 16.5. The summed E-state index contributed by atoms with van der Waals surface area (Å²) in [6, 6.07) is 9.02. The fraction of sp³-hybridized carbons (Fsp3) is 0. The number of carboxylic acids is 5. The normalized spacial score (nSPS) is 9.67. The summed E-state index contributed by atoms with van der Waals surface area (Å²) in [6.45, 7) is 0. The fourth-order valence-corrected chi connectivity index (χ4v) is 3.83. The molecule has 0 saturated heterocycles. The van der Waals surface area contributed by atoms with Crippen LogP contribution in [0.15, 0.2) is 60.7 Å². The number of phenolic OH excluding ortho intramolecular Hbond substituents is 9. The van der Waals surface area contributed by atoms with Crippen LogP contribution in [-0.4, -0.2) is 132 Å². The molecule has 0 unspecified atom stereocenters. The van der Waals surface area contributed by atoms with Crippen molar-refractivity contribution < 1.29 is 126 Å². The van der Waals surface area contributed by atoms with Crippen LogP contribution >= 0.6 is 0 Å². The molecule has 5 aromatic carbocycles. The van der Waals surface area contributed by atoms with Crippen molar-refractivity contribution in [2.45, 2.75) is 0 Å². The SMILES string of the molecule is O=C(O)c1c(O)cc(O)cc1O.O=C(O)c1c(O)ccc(O)c1O.O=C(O)c1cc(O)c(O)c(O)c1.O=C(O)c1cc(O)cc(O)c1O.O=C(O)c1ccc(O)c(O)c1O. The van der Waals surface area contributed by atoms with Crippen molar-refractivity contribution >= 4 is 29.8 Å². The zero-order valence-electron chi connectivity index (χ0n) is 29.3. The van der Waals surface area contributed by atoms with E-state index < -0.39 is 138 Å². The van der Waals surface area contributed by atoms with Crippen molar-refractivity contribution in [3.8, 4) is 86.2 Å². The molecule has 0 bridgehead atoms. The molecule has 0 spiro atoms. The lowest BCUT2D eigenvalue weighted by Gasteiger charge is -2.03. The average Bonchev–Trinajstić information content (AvgIpc) is 3.12. The van der Waals surface area contributed by atoms with Gasteiger partial charge >= 0.3 is 29.8 Å². The number of benzene rings is 5. The second-order valence-corrected chi connectivity index (χ2v) is 10.8. The fourth-order valence-electron chi connectivity index (χ4n) is 3.83. The maximum atomic E-state index is 10.4. The second kappa shape index (κ2) is 20.4. The summed E-state index contributed by atoms with van der Waals surface area (Å²) in [5.74, 6) is -16.8. The smallest absolute Gasteiger partial charge is 0.343 e. The first kappa shape index (κ1) is 48.5. The van der Waals surface area contributed by atoms with Gasteiger partial charge in [0.05, 0.1) is 5.56 Å². The van der Waals surface area contributed by atoms with E-state index in [1.807, 2.05) is 0 Å². The van der Waals surface area contributed by atoms with Crippen molar-refractivity contribution in [1.82, 2.24) is 0 Å². The van der Waals surface area contributed by atoms with Gasteiger partial charge in [-0.3, -0.25) is 0 Å². The van der Waals surface area contributed by atoms with Crippen LogP contribution in [0.1, 0.15) is 51.8 Å². The van der Waals surface area contributed by atoms with Crippen LogP contribution in [-0.2, 0) is 0 Å². The largest absolute Gasteiger partial charge is 0.508 e. The van der Waals surface area contributed by atoms with Crippen molar-refractivity contribution in [2.24, 2.45) is 0 Å². The molecule has 0 aliphatic carbocycles. The standard InChI is InChI=1S/5C7H6O5/c8-3-1-4(9)6(7(11)12)5(10)2-3;8-3-1-4(7(11)12)6(10)5(9)2-3;8-4-1-3(7(11)12)2-5(9)6(4)10;8-3-1-2-4(9)6(10)5(3)7(11)12;8-4-2-1-3(7(11)12)5(9)6(4)10/h5*1-2,8-10H,(H,11,12). The van der Waals surface area contributed by atoms with Gasteiger partial charge < -0.3 is 102 Å². The number of phenols is 15. The molecule has 0 heterocycles. The first-order chi connectivity index (χ1) is 27.6. The van der Waals surface area contributed by atoms with Gasteiger partial charge in [0.2, 0.25) is 5.75 Å². The molecule has 20 N–H and O–H groups in total. The van der Waals surface area contributed by atoms with Gasteiger partial charge in [-0.2, -0.15) is 0 Å². The highest BCUT2D eigenvalue weighted by Crippen LogP contribution is 2.38. The quantitative estimate of drug-likeness (QED) is 0.0892. The number of aromatic hydroxyl groups is 15. The van der Waals surface area contributed by atoms with E-state index in [0.29, 0.717) is 0 Å². The third-order valence-corrected chi connectivity index (χ3v) is 6.63. The van der Waals surface area contributed by atoms with Gasteiger partial charge in [-0.1, -0.05) is 0 Å². The lowest BCUT2D eigenvalue weighted by molar-refractivity contribution is 0.0678. The maximum absolute atomic E-state index is 10.4. The third kappa shape index (κ3) is 12.8. The maximum Gasteiger partial charge on any atom is 0.343 e. The third-order valence-electron chi connectivity index (χ3n) is 6.63. The van der Waals surface area contributed by atoms with Gasteiger partial charge in [-0.25, -0.2) is 24.0 Å². The van der Waals surface area contributed by atoms with Crippen LogP contribution < -0.4 is 0 Å². The lowest BCUT2D eigenvalue weighted by Crippen LogP contribution is -1.97. The number of hydrogen-bond donors (Lipinski definition) is 20. The Bertz CT molecular complexity index is 2390. The molecule has 60 heavy (non-hydrogen) atoms. The Labute approximate surface area is 330 Å². The molecular formula is C35H30O25. The number of aromatic carboxylic acids is 5. The van der Waals surface area contributed by atoms with Crippen LogP contribution in [0.3, 0.4) is 0 Å². The molecule has 0 aromatic heterocycles. The van der Waals surface area contributed by atoms with E-state index in [2.05, 4.69) is 0 Å². The molecule has 0 atom stereocenters. The van der Waals surface area contributed by atoms with Crippen molar-refractivity contribution in [1.29, 1.82) is 0 Å². The molecule has 0 aliphatic heterocycles. The first-order valence-corrected chi connectivity index (χ1v) is 15.0. The van der Waals surface area contributed by atoms with Gasteiger partial charge in [0.15, 0.2) is 51.7 Å². The summed E-state index contributed by atoms with van der Waals surface area (Å²) in [7, 11) is 0. The molecule has 320 valence electrons. The van der Waals surface area contributed by atoms with Crippen LogP contribution in [0.25, 0.3) is 0 Å². The van der Waals surface area contributed by atoms with Crippen LogP contribution in [0.2, 0.25) is 0 Å². The predicted molar refractivity (Wildman–Crippen MR) is 192 cm³/mol. The Hall–Kier alpha value is -9.55. The van der Waals surface area contributed by atoms with E-state index in [9.17, 15) is 24.0 Å². The van der Waals surface area contributed by atoms with E-state index in [1.165, 1.54) is 0 Å². The topological polar surface area (TPSA) is 490 Å². The highest BCUT2D eigenvalue weighted by atomic mass is 16.4. The molecule has 0 saturated carbocycles. The number of hydrogen-bond acceptors (Lipinski definition) is 20. The summed E-state index contributed by atoms with van der Waals surface area (Å²) in [4.78, 5) is 51.7. The molecule has 25 heteroatoms. The molecule has 5 rings (SSSR count). The van der Waals surface area contributed by atoms with E-state index in [4.69, 9.17) is 102 Å². The Morgan fingerprint density at radius 3 is 1.08 bits per heavy atom. The zero-order valence-corrected chi connectivity index (χ0v) is 29.3. The highest BCUT2D eigenvalue weighted by Gasteiger charge is 2.19. The average molecular weight is 851 g/mol. The van der Waals surface area contributed by atoms with E-state index in [-0.39, 0.29) is 5.56 Å². The molecular weight excluding hydrogens is 820 g/mol. The van der Waals surface area contributed by atoms with Gasteiger partial charge in [0, 0.05) is 18.2 Å². The molecule has 0 radical (unpaired) electrons. The zero-order chi connectivity index (χ0) is 46.5. The molecule has 0 amide bonds. The minimum Gasteiger partial charge on any atom is -0.508 e. The molecule has 25 nitrogen and oxygen atoms in total. The monoisotopic (exact) mass is 850 g/mol. The summed E-state index contributed by atoms with van der Waals surface area (Å²) in [5, 5.41) is 175. The van der Waals surface area contributed by atoms with Crippen molar-refractivity contribution in [3.05, 3.63) is 88.5 Å². The van der Waals surface area contributed by atoms with E-state index in [0.717, 1.165) is 60.7 Å². The van der Waals surface area contributed by atoms with Gasteiger partial charge in [0.1, 0.15) is 51.0 Å². The Morgan fingerprint density at radius 2 is 0.667 bits per heavy atom. The summed E-state index contributed by atoms with van der Waals surface area (Å²) in [6.07, 6.45) is 0. The number of carboxylic acid groups (broad SMARTS) is 5. The minimum atomic E-state index is -1.50. The Morgan fingerprint density at radius 1 is 0.283 bits per heavy atom. The first-order valence-electron chi connectivity index (χ1n) is 15.0. The van der Waals surface area contributed by atoms with Crippen LogP contribution in [0.4, 0.5) is 0 Å². The molecule has 0 aliphatic rings. The Balaban J connectivity index is 0.000000375. The number of carbonyl (C=O) groups is 5.